The van der Waals surface area contributed by atoms with Crippen LogP contribution in [0.3, 0.4) is 0 Å². The molecule has 0 bridgehead atoms. The first-order chi connectivity index (χ1) is 20.0. The fourth-order valence-electron chi connectivity index (χ4n) is 4.51. The summed E-state index contributed by atoms with van der Waals surface area (Å²) in [6.45, 7) is 10.7. The number of rotatable bonds is 4. The highest BCUT2D eigenvalue weighted by atomic mass is 14.0. The molecule has 0 heteroatoms. The molecule has 0 heterocycles. The van der Waals surface area contributed by atoms with E-state index in [4.69, 9.17) is 0 Å². The second-order valence-corrected chi connectivity index (χ2v) is 10.5. The van der Waals surface area contributed by atoms with Crippen LogP contribution in [-0.2, 0) is 12.8 Å². The van der Waals surface area contributed by atoms with Gasteiger partial charge in [-0.3, -0.25) is 0 Å². The highest BCUT2D eigenvalue weighted by molar-refractivity contribution is 5.99. The van der Waals surface area contributed by atoms with E-state index in [0.29, 0.717) is 0 Å². The van der Waals surface area contributed by atoms with Gasteiger partial charge in [0.15, 0.2) is 0 Å². The van der Waals surface area contributed by atoms with Crippen molar-refractivity contribution in [2.24, 2.45) is 0 Å². The molecule has 0 aliphatic heterocycles. The van der Waals surface area contributed by atoms with Crippen molar-refractivity contribution in [1.29, 1.82) is 0 Å². The highest BCUT2D eigenvalue weighted by Gasteiger charge is 2.01. The Balaban J connectivity index is 0.000000735. The predicted molar refractivity (Wildman–Crippen MR) is 193 cm³/mol. The van der Waals surface area contributed by atoms with E-state index in [1.807, 2.05) is 0 Å². The lowest BCUT2D eigenvalue weighted by Gasteiger charge is -2.04. The van der Waals surface area contributed by atoms with Crippen LogP contribution in [0.4, 0.5) is 0 Å². The highest BCUT2D eigenvalue weighted by Crippen LogP contribution is 2.25. The lowest BCUT2D eigenvalue weighted by atomic mass is 10.00. The summed E-state index contributed by atoms with van der Waals surface area (Å²) >= 11 is 0. The summed E-state index contributed by atoms with van der Waals surface area (Å²) in [5.41, 5.74) is 8.34. The first kappa shape index (κ1) is 34.7. The molecule has 0 nitrogen and oxygen atoms in total. The Bertz CT molecular complexity index is 1760. The van der Waals surface area contributed by atoms with Crippen LogP contribution in [0.1, 0.15) is 95.7 Å². The molecule has 0 saturated carbocycles. The van der Waals surface area contributed by atoms with Gasteiger partial charge in [0.1, 0.15) is 0 Å². The Kier molecular flexibility index (Phi) is 14.1. The molecule has 0 aliphatic carbocycles. The molecule has 5 aromatic carbocycles. The summed E-state index contributed by atoms with van der Waals surface area (Å²) in [5.74, 6) is 13.3. The Hall–Kier alpha value is -4.52. The summed E-state index contributed by atoms with van der Waals surface area (Å²) in [6, 6.07) is 34.5. The first-order valence-corrected chi connectivity index (χ1v) is 14.8. The fourth-order valence-corrected chi connectivity index (χ4v) is 4.51. The number of hydrogen-bond acceptors (Lipinski definition) is 0. The molecule has 0 spiro atoms. The van der Waals surface area contributed by atoms with Gasteiger partial charge in [-0.25, -0.2) is 0 Å². The van der Waals surface area contributed by atoms with E-state index < -0.39 is 0 Å². The van der Waals surface area contributed by atoms with Crippen LogP contribution < -0.4 is 0 Å². The molecule has 0 unspecified atom stereocenters. The van der Waals surface area contributed by atoms with Crippen LogP contribution in [0.5, 0.6) is 0 Å². The molecule has 0 amide bonds. The Morgan fingerprint density at radius 2 is 0.953 bits per heavy atom. The molecular weight excluding hydrogens is 516 g/mol. The van der Waals surface area contributed by atoms with Crippen molar-refractivity contribution in [2.45, 2.75) is 75.2 Å². The average molecular weight is 565 g/mol. The smallest absolute Gasteiger partial charge is 0.0255 e. The summed E-state index contributed by atoms with van der Waals surface area (Å²) in [4.78, 5) is 0. The maximum atomic E-state index is 3.33. The van der Waals surface area contributed by atoms with E-state index in [1.54, 1.807) is 0 Å². The maximum absolute atomic E-state index is 3.33. The van der Waals surface area contributed by atoms with E-state index >= 15 is 0 Å². The molecular formula is C43H48. The number of allylic oxidation sites excluding steroid dienone is 2. The number of benzene rings is 5. The molecule has 0 N–H and O–H groups in total. The Morgan fingerprint density at radius 3 is 1.33 bits per heavy atom. The van der Waals surface area contributed by atoms with Crippen LogP contribution in [0.2, 0.25) is 0 Å². The molecule has 5 aromatic rings. The second kappa shape index (κ2) is 17.4. The fraction of sp³-hybridized carbons (Fsp3) is 0.256. The quantitative estimate of drug-likeness (QED) is 0.116. The third kappa shape index (κ3) is 10.1. The molecule has 43 heavy (non-hydrogen) atoms. The summed E-state index contributed by atoms with van der Waals surface area (Å²) < 4.78 is 0. The normalized spacial score (nSPS) is 10.2. The zero-order valence-corrected chi connectivity index (χ0v) is 25.1. The van der Waals surface area contributed by atoms with E-state index in [0.717, 1.165) is 35.1 Å². The standard InChI is InChI=1S/C35H28.C6H12.2CH4/c1-3-5-27-10-12-29(13-11-27)15-17-31-19-21-33-24-34-22-30(18-20-32(34)25-35(33)23-31)16-14-28-8-6-26(4-2)7-9-28;1-4-6(3)5-2;;/h6-13,18-25H,3-5H2,1-2H3;4H,5H2,1-3H3;2*1H4/b;6-4+;;. The summed E-state index contributed by atoms with van der Waals surface area (Å²) in [5, 5.41) is 4.84. The minimum Gasteiger partial charge on any atom is -0.0887 e. The van der Waals surface area contributed by atoms with Crippen molar-refractivity contribution in [3.63, 3.8) is 0 Å². The third-order valence-corrected chi connectivity index (χ3v) is 7.40. The SMILES string of the molecule is C.C.C/C=C(\C)CC.CCCc1ccc(C#Cc2ccc3cc4cc(C#Cc5ccc(CC)cc5)ccc4cc3c2)cc1. The zero-order valence-electron chi connectivity index (χ0n) is 25.1. The van der Waals surface area contributed by atoms with Crippen molar-refractivity contribution in [2.75, 3.05) is 0 Å². The van der Waals surface area contributed by atoms with Gasteiger partial charge in [0, 0.05) is 22.3 Å². The van der Waals surface area contributed by atoms with Crippen LogP contribution in [0.15, 0.2) is 109 Å². The topological polar surface area (TPSA) is 0 Å². The lowest BCUT2D eigenvalue weighted by molar-refractivity contribution is 0.922. The second-order valence-electron chi connectivity index (χ2n) is 10.5. The van der Waals surface area contributed by atoms with E-state index in [1.165, 1.54) is 51.1 Å². The monoisotopic (exact) mass is 564 g/mol. The molecule has 0 atom stereocenters. The molecule has 0 aliphatic rings. The van der Waals surface area contributed by atoms with Crippen molar-refractivity contribution < 1.29 is 0 Å². The zero-order chi connectivity index (χ0) is 29.0. The molecule has 0 saturated heterocycles. The lowest BCUT2D eigenvalue weighted by Crippen LogP contribution is -1.83. The number of hydrogen-bond donors (Lipinski definition) is 0. The molecule has 0 radical (unpaired) electrons. The van der Waals surface area contributed by atoms with Gasteiger partial charge in [0.05, 0.1) is 0 Å². The predicted octanol–water partition coefficient (Wildman–Crippen LogP) is 11.9. The van der Waals surface area contributed by atoms with Crippen LogP contribution >= 0.6 is 0 Å². The third-order valence-electron chi connectivity index (χ3n) is 7.40. The largest absolute Gasteiger partial charge is 0.0887 e. The van der Waals surface area contributed by atoms with Gasteiger partial charge in [-0.15, -0.1) is 0 Å². The van der Waals surface area contributed by atoms with Gasteiger partial charge < -0.3 is 0 Å². The van der Waals surface area contributed by atoms with Crippen molar-refractivity contribution in [1.82, 2.24) is 0 Å². The Labute approximate surface area is 261 Å². The van der Waals surface area contributed by atoms with Crippen LogP contribution in [-0.4, -0.2) is 0 Å². The molecule has 0 aromatic heterocycles. The van der Waals surface area contributed by atoms with Crippen molar-refractivity contribution >= 4 is 21.5 Å². The summed E-state index contributed by atoms with van der Waals surface area (Å²) in [6.07, 6.45) is 6.66. The van der Waals surface area contributed by atoms with Crippen molar-refractivity contribution in [3.05, 3.63) is 142 Å². The molecule has 220 valence electrons. The Morgan fingerprint density at radius 1 is 0.535 bits per heavy atom. The van der Waals surface area contributed by atoms with Gasteiger partial charge in [-0.1, -0.05) is 114 Å². The van der Waals surface area contributed by atoms with Crippen molar-refractivity contribution in [3.8, 4) is 23.7 Å². The average Bonchev–Trinajstić information content (AvgIpc) is 3.02. The van der Waals surface area contributed by atoms with Crippen LogP contribution in [0.25, 0.3) is 21.5 Å². The summed E-state index contributed by atoms with van der Waals surface area (Å²) in [7, 11) is 0. The van der Waals surface area contributed by atoms with E-state index in [2.05, 4.69) is 161 Å². The molecule has 5 rings (SSSR count). The van der Waals surface area contributed by atoms with Gasteiger partial charge >= 0.3 is 0 Å². The number of aryl methyl sites for hydroxylation is 2. The van der Waals surface area contributed by atoms with Crippen LogP contribution in [0, 0.1) is 23.7 Å². The van der Waals surface area contributed by atoms with E-state index in [9.17, 15) is 0 Å². The first-order valence-electron chi connectivity index (χ1n) is 14.8. The van der Waals surface area contributed by atoms with Gasteiger partial charge in [0.25, 0.3) is 0 Å². The van der Waals surface area contributed by atoms with Gasteiger partial charge in [-0.05, 0) is 126 Å². The molecule has 0 fully saturated rings. The maximum Gasteiger partial charge on any atom is 0.0255 e. The minimum atomic E-state index is 0. The van der Waals surface area contributed by atoms with Gasteiger partial charge in [0.2, 0.25) is 0 Å². The van der Waals surface area contributed by atoms with Gasteiger partial charge in [-0.2, -0.15) is 0 Å². The number of fused-ring (bicyclic) bond motifs is 2. The van der Waals surface area contributed by atoms with E-state index in [-0.39, 0.29) is 14.9 Å². The minimum absolute atomic E-state index is 0.